The lowest BCUT2D eigenvalue weighted by molar-refractivity contribution is 0.897. The molecule has 42 valence electrons. The van der Waals surface area contributed by atoms with E-state index in [1.165, 1.54) is 12.8 Å². The predicted octanol–water partition coefficient (Wildman–Crippen LogP) is 2.14. The molecule has 7 heavy (non-hydrogen) atoms. The average molecular weight is 117 g/mol. The highest BCUT2D eigenvalue weighted by Gasteiger charge is 1.78. The van der Waals surface area contributed by atoms with Gasteiger partial charge in [0.25, 0.3) is 0 Å². The number of rotatable bonds is 4. The molecule has 0 saturated carbocycles. The molecule has 0 bridgehead atoms. The molecular formula is C5H11NS. The minimum absolute atomic E-state index is 1.12. The van der Waals surface area contributed by atoms with Crippen LogP contribution in [0.1, 0.15) is 19.8 Å². The molecule has 0 amide bonds. The summed E-state index contributed by atoms with van der Waals surface area (Å²) in [4.78, 5) is 0. The standard InChI is InChI=1S/C5H11NS/c1-3-4-5-7-6-2/h2-5H2,1H3. The van der Waals surface area contributed by atoms with Crippen molar-refractivity contribution in [2.75, 3.05) is 5.75 Å². The first-order valence-corrected chi connectivity index (χ1v) is 3.44. The van der Waals surface area contributed by atoms with Crippen LogP contribution >= 0.6 is 11.9 Å². The van der Waals surface area contributed by atoms with Crippen LogP contribution in [0.5, 0.6) is 0 Å². The van der Waals surface area contributed by atoms with Gasteiger partial charge in [-0.1, -0.05) is 13.3 Å². The molecule has 0 unspecified atom stereocenters. The van der Waals surface area contributed by atoms with Gasteiger partial charge in [0.1, 0.15) is 0 Å². The van der Waals surface area contributed by atoms with Crippen molar-refractivity contribution in [2.45, 2.75) is 19.8 Å². The molecule has 0 atom stereocenters. The molecule has 2 heteroatoms. The monoisotopic (exact) mass is 117 g/mol. The minimum atomic E-state index is 1.12. The Labute approximate surface area is 49.4 Å². The van der Waals surface area contributed by atoms with E-state index < -0.39 is 0 Å². The van der Waals surface area contributed by atoms with Gasteiger partial charge in [-0.25, -0.2) is 4.40 Å². The number of hydrogen-bond acceptors (Lipinski definition) is 2. The Bertz CT molecular complexity index is 45.3. The zero-order valence-electron chi connectivity index (χ0n) is 4.68. The smallest absolute Gasteiger partial charge is 0.0152 e. The first kappa shape index (κ1) is 7.02. The van der Waals surface area contributed by atoms with E-state index in [0.29, 0.717) is 0 Å². The summed E-state index contributed by atoms with van der Waals surface area (Å²) in [5.41, 5.74) is 0. The van der Waals surface area contributed by atoms with Crippen LogP contribution in [0.3, 0.4) is 0 Å². The van der Waals surface area contributed by atoms with Crippen LogP contribution in [0.2, 0.25) is 0 Å². The maximum atomic E-state index is 3.64. The molecule has 0 aromatic carbocycles. The Balaban J connectivity index is 2.56. The number of hydrogen-bond donors (Lipinski definition) is 0. The SMILES string of the molecule is C=NSCCCC. The molecule has 0 aromatic rings. The Morgan fingerprint density at radius 1 is 1.71 bits per heavy atom. The molecule has 0 aromatic heterocycles. The molecule has 0 saturated heterocycles. The van der Waals surface area contributed by atoms with Gasteiger partial charge in [-0.3, -0.25) is 0 Å². The van der Waals surface area contributed by atoms with Crippen molar-refractivity contribution in [1.29, 1.82) is 0 Å². The van der Waals surface area contributed by atoms with E-state index in [2.05, 4.69) is 18.0 Å². The third-order valence-corrected chi connectivity index (χ3v) is 1.33. The second kappa shape index (κ2) is 6.02. The number of unbranched alkanes of at least 4 members (excludes halogenated alkanes) is 1. The molecule has 0 radical (unpaired) electrons. The fourth-order valence-corrected chi connectivity index (χ4v) is 0.820. The van der Waals surface area contributed by atoms with Gasteiger partial charge >= 0.3 is 0 Å². The van der Waals surface area contributed by atoms with Crippen molar-refractivity contribution in [3.8, 4) is 0 Å². The second-order valence-electron chi connectivity index (χ2n) is 1.32. The summed E-state index contributed by atoms with van der Waals surface area (Å²) in [7, 11) is 0. The van der Waals surface area contributed by atoms with Crippen molar-refractivity contribution < 1.29 is 0 Å². The van der Waals surface area contributed by atoms with Crippen molar-refractivity contribution in [1.82, 2.24) is 0 Å². The summed E-state index contributed by atoms with van der Waals surface area (Å²) < 4.78 is 3.64. The fourth-order valence-electron chi connectivity index (χ4n) is 0.273. The summed E-state index contributed by atoms with van der Waals surface area (Å²) in [6, 6.07) is 0. The maximum Gasteiger partial charge on any atom is 0.0152 e. The highest BCUT2D eigenvalue weighted by molar-refractivity contribution is 7.98. The molecule has 0 spiro atoms. The minimum Gasteiger partial charge on any atom is -0.232 e. The van der Waals surface area contributed by atoms with E-state index in [0.717, 1.165) is 5.75 Å². The van der Waals surface area contributed by atoms with Crippen LogP contribution in [0.15, 0.2) is 4.40 Å². The molecule has 0 rings (SSSR count). The zero-order chi connectivity index (χ0) is 5.54. The van der Waals surface area contributed by atoms with Gasteiger partial charge in [0.15, 0.2) is 0 Å². The van der Waals surface area contributed by atoms with E-state index in [4.69, 9.17) is 0 Å². The van der Waals surface area contributed by atoms with Gasteiger partial charge in [-0.15, -0.1) is 0 Å². The first-order chi connectivity index (χ1) is 3.41. The maximum absolute atomic E-state index is 3.64. The van der Waals surface area contributed by atoms with E-state index in [1.807, 2.05) is 0 Å². The Morgan fingerprint density at radius 3 is 2.86 bits per heavy atom. The van der Waals surface area contributed by atoms with Crippen molar-refractivity contribution in [3.05, 3.63) is 0 Å². The molecule has 0 N–H and O–H groups in total. The van der Waals surface area contributed by atoms with Gasteiger partial charge in [-0.2, -0.15) is 0 Å². The fraction of sp³-hybridized carbons (Fsp3) is 0.800. The lowest BCUT2D eigenvalue weighted by Crippen LogP contribution is -1.71. The normalized spacial score (nSPS) is 8.71. The van der Waals surface area contributed by atoms with Crippen LogP contribution in [-0.2, 0) is 0 Å². The molecule has 0 heterocycles. The predicted molar refractivity (Wildman–Crippen MR) is 36.9 cm³/mol. The highest BCUT2D eigenvalue weighted by Crippen LogP contribution is 2.02. The highest BCUT2D eigenvalue weighted by atomic mass is 32.2. The Hall–Kier alpha value is 0.0200. The third-order valence-electron chi connectivity index (χ3n) is 0.680. The first-order valence-electron chi connectivity index (χ1n) is 2.49. The Kier molecular flexibility index (Phi) is 6.04. The summed E-state index contributed by atoms with van der Waals surface area (Å²) in [5.74, 6) is 1.12. The van der Waals surface area contributed by atoms with Crippen molar-refractivity contribution in [2.24, 2.45) is 4.40 Å². The molecule has 0 fully saturated rings. The van der Waals surface area contributed by atoms with Crippen LogP contribution in [-0.4, -0.2) is 12.5 Å². The molecule has 0 aliphatic carbocycles. The summed E-state index contributed by atoms with van der Waals surface area (Å²) in [6.07, 6.45) is 2.51. The van der Waals surface area contributed by atoms with E-state index in [9.17, 15) is 0 Å². The van der Waals surface area contributed by atoms with Gasteiger partial charge in [-0.05, 0) is 25.1 Å². The largest absolute Gasteiger partial charge is 0.232 e. The Morgan fingerprint density at radius 2 is 2.43 bits per heavy atom. The van der Waals surface area contributed by atoms with Gasteiger partial charge in [0, 0.05) is 5.75 Å². The lowest BCUT2D eigenvalue weighted by Gasteiger charge is -1.86. The molecule has 0 aliphatic rings. The third kappa shape index (κ3) is 6.02. The van der Waals surface area contributed by atoms with Crippen LogP contribution < -0.4 is 0 Å². The average Bonchev–Trinajstić information content (AvgIpc) is 1.69. The summed E-state index contributed by atoms with van der Waals surface area (Å²) in [6.45, 7) is 5.52. The van der Waals surface area contributed by atoms with E-state index in [1.54, 1.807) is 11.9 Å². The van der Waals surface area contributed by atoms with E-state index >= 15 is 0 Å². The summed E-state index contributed by atoms with van der Waals surface area (Å²) >= 11 is 1.55. The molecule has 1 nitrogen and oxygen atoms in total. The van der Waals surface area contributed by atoms with Gasteiger partial charge in [0.2, 0.25) is 0 Å². The topological polar surface area (TPSA) is 12.4 Å². The summed E-state index contributed by atoms with van der Waals surface area (Å²) in [5, 5.41) is 0. The van der Waals surface area contributed by atoms with Gasteiger partial charge in [0.05, 0.1) is 0 Å². The van der Waals surface area contributed by atoms with Crippen LogP contribution in [0, 0.1) is 0 Å². The lowest BCUT2D eigenvalue weighted by atomic mass is 10.4. The second-order valence-corrected chi connectivity index (χ2v) is 2.24. The number of nitrogens with zero attached hydrogens (tertiary/aromatic N) is 1. The van der Waals surface area contributed by atoms with Crippen molar-refractivity contribution >= 4 is 18.7 Å². The quantitative estimate of drug-likeness (QED) is 0.312. The van der Waals surface area contributed by atoms with Crippen LogP contribution in [0.25, 0.3) is 0 Å². The van der Waals surface area contributed by atoms with Crippen LogP contribution in [0.4, 0.5) is 0 Å². The van der Waals surface area contributed by atoms with Crippen molar-refractivity contribution in [3.63, 3.8) is 0 Å². The molecule has 0 aliphatic heterocycles. The zero-order valence-corrected chi connectivity index (χ0v) is 5.50. The van der Waals surface area contributed by atoms with E-state index in [-0.39, 0.29) is 0 Å². The molecular weight excluding hydrogens is 106 g/mol. The van der Waals surface area contributed by atoms with Gasteiger partial charge < -0.3 is 0 Å².